The molecule has 136 valence electrons. The minimum absolute atomic E-state index is 0.187. The highest BCUT2D eigenvalue weighted by Gasteiger charge is 2.36. The van der Waals surface area contributed by atoms with E-state index in [1.165, 1.54) is 29.3 Å². The van der Waals surface area contributed by atoms with E-state index in [9.17, 15) is 4.79 Å². The SMILES string of the molecule is O=C(CSc1nnc2sc3ccccc3n12)N1CCOC2CCCCC21. The largest absolute Gasteiger partial charge is 0.374 e. The van der Waals surface area contributed by atoms with Gasteiger partial charge in [-0.05, 0) is 25.0 Å². The van der Waals surface area contributed by atoms with Crippen molar-refractivity contribution < 1.29 is 9.53 Å². The molecule has 0 bridgehead atoms. The molecule has 6 nitrogen and oxygen atoms in total. The Hall–Kier alpha value is -1.64. The normalized spacial score (nSPS) is 23.5. The molecule has 2 aliphatic rings. The molecule has 3 aromatic rings. The molecule has 26 heavy (non-hydrogen) atoms. The number of carbonyl (C=O) groups is 1. The first-order valence-corrected chi connectivity index (χ1v) is 10.9. The molecule has 2 aromatic heterocycles. The van der Waals surface area contributed by atoms with E-state index < -0.39 is 0 Å². The van der Waals surface area contributed by atoms with Crippen LogP contribution < -0.4 is 0 Å². The summed E-state index contributed by atoms with van der Waals surface area (Å²) in [5, 5.41) is 9.36. The Morgan fingerprint density at radius 1 is 1.27 bits per heavy atom. The van der Waals surface area contributed by atoms with E-state index in [4.69, 9.17) is 4.74 Å². The van der Waals surface area contributed by atoms with Crippen LogP contribution >= 0.6 is 23.1 Å². The monoisotopic (exact) mass is 388 g/mol. The molecule has 5 rings (SSSR count). The molecule has 0 N–H and O–H groups in total. The second-order valence-electron chi connectivity index (χ2n) is 6.81. The zero-order valence-corrected chi connectivity index (χ0v) is 16.0. The first-order chi connectivity index (χ1) is 12.8. The van der Waals surface area contributed by atoms with Crippen molar-refractivity contribution in [3.05, 3.63) is 24.3 Å². The molecule has 1 aliphatic carbocycles. The van der Waals surface area contributed by atoms with Crippen LogP contribution in [0.5, 0.6) is 0 Å². The Morgan fingerprint density at radius 3 is 3.12 bits per heavy atom. The minimum Gasteiger partial charge on any atom is -0.374 e. The zero-order chi connectivity index (χ0) is 17.5. The van der Waals surface area contributed by atoms with Crippen molar-refractivity contribution in [1.82, 2.24) is 19.5 Å². The van der Waals surface area contributed by atoms with Crippen LogP contribution in [0, 0.1) is 0 Å². The van der Waals surface area contributed by atoms with E-state index in [1.54, 1.807) is 11.3 Å². The van der Waals surface area contributed by atoms with Crippen LogP contribution in [0.3, 0.4) is 0 Å². The van der Waals surface area contributed by atoms with Crippen molar-refractivity contribution in [2.45, 2.75) is 43.0 Å². The van der Waals surface area contributed by atoms with Crippen molar-refractivity contribution in [3.63, 3.8) is 0 Å². The number of fused-ring (bicyclic) bond motifs is 4. The molecule has 0 radical (unpaired) electrons. The number of amides is 1. The number of hydrogen-bond acceptors (Lipinski definition) is 6. The van der Waals surface area contributed by atoms with Crippen LogP contribution in [0.4, 0.5) is 0 Å². The molecule has 1 saturated carbocycles. The molecular weight excluding hydrogens is 368 g/mol. The minimum atomic E-state index is 0.187. The molecule has 3 heterocycles. The lowest BCUT2D eigenvalue weighted by molar-refractivity contribution is -0.146. The molecule has 1 aliphatic heterocycles. The fourth-order valence-electron chi connectivity index (χ4n) is 4.06. The molecule has 2 fully saturated rings. The number of rotatable bonds is 3. The van der Waals surface area contributed by atoms with Crippen molar-refractivity contribution >= 4 is 44.2 Å². The van der Waals surface area contributed by atoms with Crippen LogP contribution in [0.2, 0.25) is 0 Å². The highest BCUT2D eigenvalue weighted by Crippen LogP contribution is 2.31. The molecule has 1 aromatic carbocycles. The highest BCUT2D eigenvalue weighted by atomic mass is 32.2. The van der Waals surface area contributed by atoms with Crippen molar-refractivity contribution in [2.75, 3.05) is 18.9 Å². The van der Waals surface area contributed by atoms with E-state index >= 15 is 0 Å². The lowest BCUT2D eigenvalue weighted by atomic mass is 9.90. The number of para-hydroxylation sites is 1. The third kappa shape index (κ3) is 2.80. The molecule has 1 amide bonds. The van der Waals surface area contributed by atoms with E-state index in [1.807, 2.05) is 17.0 Å². The van der Waals surface area contributed by atoms with Crippen molar-refractivity contribution in [3.8, 4) is 0 Å². The van der Waals surface area contributed by atoms with Crippen LogP contribution in [-0.2, 0) is 9.53 Å². The molecule has 8 heteroatoms. The number of carbonyl (C=O) groups excluding carboxylic acids is 1. The number of aromatic nitrogens is 3. The third-order valence-corrected chi connectivity index (χ3v) is 7.21. The number of thiazole rings is 1. The van der Waals surface area contributed by atoms with E-state index in [2.05, 4.69) is 26.7 Å². The molecule has 0 spiro atoms. The van der Waals surface area contributed by atoms with Gasteiger partial charge in [0.05, 0.1) is 34.7 Å². The summed E-state index contributed by atoms with van der Waals surface area (Å²) < 4.78 is 9.12. The standard InChI is InChI=1S/C18H20N4O2S2/c23-16(21-9-10-24-14-7-3-1-5-12(14)21)11-25-17-19-20-18-22(17)13-6-2-4-8-15(13)26-18/h2,4,6,8,12,14H,1,3,5,7,9-11H2. The summed E-state index contributed by atoms with van der Waals surface area (Å²) in [6.07, 6.45) is 4.76. The average molecular weight is 389 g/mol. The predicted molar refractivity (Wildman–Crippen MR) is 103 cm³/mol. The first kappa shape index (κ1) is 16.5. The fraction of sp³-hybridized carbons (Fsp3) is 0.500. The van der Waals surface area contributed by atoms with Gasteiger partial charge in [0.25, 0.3) is 0 Å². The van der Waals surface area contributed by atoms with Gasteiger partial charge < -0.3 is 9.64 Å². The van der Waals surface area contributed by atoms with Gasteiger partial charge in [-0.2, -0.15) is 0 Å². The Labute approximate surface area is 159 Å². The van der Waals surface area contributed by atoms with E-state index in [-0.39, 0.29) is 18.1 Å². The maximum atomic E-state index is 12.9. The topological polar surface area (TPSA) is 59.7 Å². The Kier molecular flexibility index (Phi) is 4.34. The van der Waals surface area contributed by atoms with Gasteiger partial charge in [-0.3, -0.25) is 9.20 Å². The Morgan fingerprint density at radius 2 is 2.15 bits per heavy atom. The maximum Gasteiger partial charge on any atom is 0.233 e. The highest BCUT2D eigenvalue weighted by molar-refractivity contribution is 7.99. The van der Waals surface area contributed by atoms with Gasteiger partial charge in [-0.1, -0.05) is 48.1 Å². The van der Waals surface area contributed by atoms with Gasteiger partial charge in [0.1, 0.15) is 0 Å². The molecule has 1 saturated heterocycles. The van der Waals surface area contributed by atoms with Gasteiger partial charge >= 0.3 is 0 Å². The predicted octanol–water partition coefficient (Wildman–Crippen LogP) is 3.21. The summed E-state index contributed by atoms with van der Waals surface area (Å²) in [7, 11) is 0. The van der Waals surface area contributed by atoms with E-state index in [0.29, 0.717) is 18.9 Å². The van der Waals surface area contributed by atoms with Crippen LogP contribution in [0.15, 0.2) is 29.4 Å². The quantitative estimate of drug-likeness (QED) is 0.645. The number of morpholine rings is 1. The molecular formula is C18H20N4O2S2. The van der Waals surface area contributed by atoms with Gasteiger partial charge in [0.2, 0.25) is 10.9 Å². The zero-order valence-electron chi connectivity index (χ0n) is 14.3. The maximum absolute atomic E-state index is 12.9. The van der Waals surface area contributed by atoms with E-state index in [0.717, 1.165) is 28.5 Å². The number of ether oxygens (including phenoxy) is 1. The number of thioether (sulfide) groups is 1. The molecule has 2 atom stereocenters. The van der Waals surface area contributed by atoms with Gasteiger partial charge in [-0.25, -0.2) is 0 Å². The van der Waals surface area contributed by atoms with Crippen LogP contribution in [0.25, 0.3) is 15.2 Å². The van der Waals surface area contributed by atoms with Crippen LogP contribution in [-0.4, -0.2) is 56.5 Å². The lowest BCUT2D eigenvalue weighted by Gasteiger charge is -2.43. The first-order valence-electron chi connectivity index (χ1n) is 9.08. The summed E-state index contributed by atoms with van der Waals surface area (Å²) in [6.45, 7) is 1.36. The van der Waals surface area contributed by atoms with Crippen molar-refractivity contribution in [2.24, 2.45) is 0 Å². The Bertz CT molecular complexity index is 951. The smallest absolute Gasteiger partial charge is 0.233 e. The van der Waals surface area contributed by atoms with Crippen molar-refractivity contribution in [1.29, 1.82) is 0 Å². The van der Waals surface area contributed by atoms with Gasteiger partial charge in [0, 0.05) is 6.54 Å². The third-order valence-electron chi connectivity index (χ3n) is 5.29. The van der Waals surface area contributed by atoms with Crippen LogP contribution in [0.1, 0.15) is 25.7 Å². The number of hydrogen-bond donors (Lipinski definition) is 0. The second-order valence-corrected chi connectivity index (χ2v) is 8.76. The number of benzene rings is 1. The lowest BCUT2D eigenvalue weighted by Crippen LogP contribution is -2.55. The Balaban J connectivity index is 1.34. The summed E-state index contributed by atoms with van der Waals surface area (Å²) in [4.78, 5) is 15.8. The second kappa shape index (κ2) is 6.83. The fourth-order valence-corrected chi connectivity index (χ4v) is 5.92. The summed E-state index contributed by atoms with van der Waals surface area (Å²) in [6, 6.07) is 8.46. The average Bonchev–Trinajstić information content (AvgIpc) is 3.25. The summed E-state index contributed by atoms with van der Waals surface area (Å²) >= 11 is 3.11. The number of nitrogens with zero attached hydrogens (tertiary/aromatic N) is 4. The van der Waals surface area contributed by atoms with Gasteiger partial charge in [0.15, 0.2) is 5.16 Å². The summed E-state index contributed by atoms with van der Waals surface area (Å²) in [5.41, 5.74) is 1.10. The molecule has 2 unspecified atom stereocenters. The van der Waals surface area contributed by atoms with Gasteiger partial charge in [-0.15, -0.1) is 10.2 Å². The summed E-state index contributed by atoms with van der Waals surface area (Å²) in [5.74, 6) is 0.584.